The van der Waals surface area contributed by atoms with Crippen LogP contribution >= 0.6 is 0 Å². The van der Waals surface area contributed by atoms with Crippen LogP contribution in [-0.4, -0.2) is 39.3 Å². The molecular formula is C21H28O5. The molecule has 0 bridgehead atoms. The molecule has 0 unspecified atom stereocenters. The summed E-state index contributed by atoms with van der Waals surface area (Å²) in [7, 11) is 0. The fraction of sp³-hybridized carbons (Fsp3) is 0.762. The molecule has 142 valence electrons. The summed E-state index contributed by atoms with van der Waals surface area (Å²) in [5.41, 5.74) is -1.95. The fourth-order valence-electron chi connectivity index (χ4n) is 6.87. The average molecular weight is 360 g/mol. The van der Waals surface area contributed by atoms with Crippen LogP contribution in [0.4, 0.5) is 0 Å². The molecule has 7 atom stereocenters. The molecular weight excluding hydrogens is 332 g/mol. The van der Waals surface area contributed by atoms with Crippen molar-refractivity contribution in [3.8, 4) is 0 Å². The zero-order valence-corrected chi connectivity index (χ0v) is 15.7. The summed E-state index contributed by atoms with van der Waals surface area (Å²) in [4.78, 5) is 38.2. The van der Waals surface area contributed by atoms with Gasteiger partial charge in [-0.25, -0.2) is 0 Å². The van der Waals surface area contributed by atoms with Gasteiger partial charge in [0.05, 0.1) is 6.10 Å². The van der Waals surface area contributed by atoms with E-state index in [-0.39, 0.29) is 23.4 Å². The van der Waals surface area contributed by atoms with Gasteiger partial charge in [0.2, 0.25) is 11.6 Å². The van der Waals surface area contributed by atoms with Gasteiger partial charge in [-0.3, -0.25) is 14.4 Å². The van der Waals surface area contributed by atoms with Crippen molar-refractivity contribution in [1.29, 1.82) is 0 Å². The highest BCUT2D eigenvalue weighted by molar-refractivity contribution is 6.45. The van der Waals surface area contributed by atoms with Gasteiger partial charge in [-0.15, -0.1) is 0 Å². The van der Waals surface area contributed by atoms with Gasteiger partial charge in [0.15, 0.2) is 5.78 Å². The van der Waals surface area contributed by atoms with E-state index in [4.69, 9.17) is 0 Å². The number of aliphatic hydroxyl groups is 2. The number of fused-ring (bicyclic) bond motifs is 5. The van der Waals surface area contributed by atoms with Gasteiger partial charge in [0, 0.05) is 16.9 Å². The Bertz CT molecular complexity index is 739. The van der Waals surface area contributed by atoms with Crippen LogP contribution in [0.1, 0.15) is 59.3 Å². The van der Waals surface area contributed by atoms with Crippen molar-refractivity contribution in [3.63, 3.8) is 0 Å². The summed E-state index contributed by atoms with van der Waals surface area (Å²) in [5.74, 6) is -1.60. The number of carbonyl (C=O) groups excluding carboxylic acids is 3. The van der Waals surface area contributed by atoms with Crippen molar-refractivity contribution >= 4 is 17.3 Å². The summed E-state index contributed by atoms with van der Waals surface area (Å²) in [6, 6.07) is 0. The molecule has 0 aromatic heterocycles. The first-order valence-electron chi connectivity index (χ1n) is 9.78. The highest BCUT2D eigenvalue weighted by Gasteiger charge is 2.68. The second-order valence-electron chi connectivity index (χ2n) is 9.45. The summed E-state index contributed by atoms with van der Waals surface area (Å²) in [6.07, 6.45) is 4.60. The predicted molar refractivity (Wildman–Crippen MR) is 94.1 cm³/mol. The standard InChI is InChI=1S/C21H28O5/c1-11(22)21(26)9-6-14-16-13(5-8-20(14,21)3)19(2)7-4-12(23)10-15(19)17(24)18(16)25/h10,12-14,16,23,26H,4-9H2,1-3H3/t12-,13+,14+,16-,19-,20+,21+/m1/s1. The number of carbonyl (C=O) groups is 3. The Kier molecular flexibility index (Phi) is 3.72. The molecule has 0 saturated heterocycles. The van der Waals surface area contributed by atoms with Gasteiger partial charge in [0.1, 0.15) is 5.60 Å². The minimum Gasteiger partial charge on any atom is -0.389 e. The normalized spacial score (nSPS) is 50.6. The second-order valence-corrected chi connectivity index (χ2v) is 9.45. The quantitative estimate of drug-likeness (QED) is 0.698. The fourth-order valence-corrected chi connectivity index (χ4v) is 6.87. The number of hydrogen-bond acceptors (Lipinski definition) is 5. The Hall–Kier alpha value is -1.33. The summed E-state index contributed by atoms with van der Waals surface area (Å²) >= 11 is 0. The summed E-state index contributed by atoms with van der Waals surface area (Å²) < 4.78 is 0. The van der Waals surface area contributed by atoms with E-state index in [0.717, 1.165) is 6.42 Å². The molecule has 26 heavy (non-hydrogen) atoms. The number of aliphatic hydroxyl groups excluding tert-OH is 1. The van der Waals surface area contributed by atoms with Gasteiger partial charge >= 0.3 is 0 Å². The lowest BCUT2D eigenvalue weighted by Gasteiger charge is -2.57. The Morgan fingerprint density at radius 1 is 1.08 bits per heavy atom. The number of Topliss-reactive ketones (excluding diaryl/α,β-unsaturated/α-hetero) is 3. The molecule has 5 heteroatoms. The molecule has 5 nitrogen and oxygen atoms in total. The first-order chi connectivity index (χ1) is 12.1. The number of allylic oxidation sites excluding steroid dienone is 1. The lowest BCUT2D eigenvalue weighted by atomic mass is 9.45. The van der Waals surface area contributed by atoms with E-state index in [0.29, 0.717) is 37.7 Å². The Labute approximate surface area is 153 Å². The molecule has 0 heterocycles. The van der Waals surface area contributed by atoms with Crippen LogP contribution in [-0.2, 0) is 14.4 Å². The SMILES string of the molecule is CC(=O)[C@@]1(O)CC[C@H]2[C@@H]3C(=O)C(=O)C4=C[C@H](O)CC[C@]4(C)[C@H]3CC[C@@]21C. The molecule has 0 aromatic rings. The van der Waals surface area contributed by atoms with E-state index in [1.165, 1.54) is 6.92 Å². The monoisotopic (exact) mass is 360 g/mol. The zero-order chi connectivity index (χ0) is 19.1. The molecule has 3 fully saturated rings. The van der Waals surface area contributed by atoms with Gasteiger partial charge in [-0.1, -0.05) is 13.8 Å². The minimum atomic E-state index is -1.40. The maximum Gasteiger partial charge on any atom is 0.225 e. The van der Waals surface area contributed by atoms with Gasteiger partial charge < -0.3 is 10.2 Å². The van der Waals surface area contributed by atoms with E-state index in [1.54, 1.807) is 6.08 Å². The van der Waals surface area contributed by atoms with E-state index in [2.05, 4.69) is 6.92 Å². The number of ketones is 3. The molecule has 3 saturated carbocycles. The third-order valence-corrected chi connectivity index (χ3v) is 8.53. The summed E-state index contributed by atoms with van der Waals surface area (Å²) in [5, 5.41) is 21.1. The zero-order valence-electron chi connectivity index (χ0n) is 15.7. The number of hydrogen-bond donors (Lipinski definition) is 2. The van der Waals surface area contributed by atoms with Crippen molar-refractivity contribution in [2.24, 2.45) is 28.6 Å². The first-order valence-corrected chi connectivity index (χ1v) is 9.78. The van der Waals surface area contributed by atoms with Crippen molar-refractivity contribution in [2.45, 2.75) is 71.0 Å². The van der Waals surface area contributed by atoms with Gasteiger partial charge in [-0.05, 0) is 68.8 Å². The van der Waals surface area contributed by atoms with Crippen LogP contribution in [0.5, 0.6) is 0 Å². The lowest BCUT2D eigenvalue weighted by molar-refractivity contribution is -0.167. The van der Waals surface area contributed by atoms with Crippen molar-refractivity contribution < 1.29 is 24.6 Å². The first kappa shape index (κ1) is 18.1. The highest BCUT2D eigenvalue weighted by atomic mass is 16.3. The molecule has 0 aromatic carbocycles. The van der Waals surface area contributed by atoms with Crippen LogP contribution in [0.15, 0.2) is 11.6 Å². The number of rotatable bonds is 1. The van der Waals surface area contributed by atoms with Crippen LogP contribution in [0.25, 0.3) is 0 Å². The van der Waals surface area contributed by atoms with Crippen molar-refractivity contribution in [3.05, 3.63) is 11.6 Å². The van der Waals surface area contributed by atoms with E-state index in [9.17, 15) is 24.6 Å². The largest absolute Gasteiger partial charge is 0.389 e. The topological polar surface area (TPSA) is 91.7 Å². The average Bonchev–Trinajstić information content (AvgIpc) is 2.87. The molecule has 0 spiro atoms. The van der Waals surface area contributed by atoms with Crippen LogP contribution in [0, 0.1) is 28.6 Å². The molecule has 4 aliphatic rings. The Balaban J connectivity index is 1.80. The lowest BCUT2D eigenvalue weighted by Crippen LogP contribution is -2.61. The molecule has 0 aliphatic heterocycles. The van der Waals surface area contributed by atoms with E-state index >= 15 is 0 Å². The second kappa shape index (κ2) is 5.35. The third-order valence-electron chi connectivity index (χ3n) is 8.53. The summed E-state index contributed by atoms with van der Waals surface area (Å²) in [6.45, 7) is 5.41. The Morgan fingerprint density at radius 2 is 1.73 bits per heavy atom. The Morgan fingerprint density at radius 3 is 2.38 bits per heavy atom. The van der Waals surface area contributed by atoms with E-state index in [1.807, 2.05) is 6.92 Å². The molecule has 0 amide bonds. The van der Waals surface area contributed by atoms with Crippen molar-refractivity contribution in [1.82, 2.24) is 0 Å². The minimum absolute atomic E-state index is 0.0406. The smallest absolute Gasteiger partial charge is 0.225 e. The third kappa shape index (κ3) is 1.96. The van der Waals surface area contributed by atoms with E-state index < -0.39 is 34.2 Å². The van der Waals surface area contributed by atoms with Crippen LogP contribution < -0.4 is 0 Å². The van der Waals surface area contributed by atoms with Gasteiger partial charge in [0.25, 0.3) is 0 Å². The predicted octanol–water partition coefficient (Wildman–Crippen LogP) is 1.99. The molecule has 4 rings (SSSR count). The maximum atomic E-state index is 13.1. The molecule has 4 aliphatic carbocycles. The van der Waals surface area contributed by atoms with Crippen molar-refractivity contribution in [2.75, 3.05) is 0 Å². The molecule has 2 N–H and O–H groups in total. The maximum absolute atomic E-state index is 13.1. The van der Waals surface area contributed by atoms with Gasteiger partial charge in [-0.2, -0.15) is 0 Å². The molecule has 0 radical (unpaired) electrons. The van der Waals surface area contributed by atoms with Crippen LogP contribution in [0.3, 0.4) is 0 Å². The van der Waals surface area contributed by atoms with Crippen LogP contribution in [0.2, 0.25) is 0 Å². The highest BCUT2D eigenvalue weighted by Crippen LogP contribution is 2.66.